The van der Waals surface area contributed by atoms with Crippen molar-refractivity contribution < 1.29 is 23.4 Å². The number of piperidine rings is 1. The number of rotatable bonds is 5. The number of nitrogens with zero attached hydrogens (tertiary/aromatic N) is 4. The first-order chi connectivity index (χ1) is 13.4. The molecule has 0 saturated carbocycles. The zero-order valence-electron chi connectivity index (χ0n) is 15.7. The lowest BCUT2D eigenvalue weighted by Crippen LogP contribution is -2.56. The molecule has 1 aromatic carbocycles. The third-order valence-corrected chi connectivity index (χ3v) is 5.88. The normalized spacial score (nSPS) is 23.0. The standard InChI is InChI=1S/C19H24F2N4O3/c1-14(24-6-4-18(5-7-24)27-8-9-28-18)19(26,11-25-13-22-12-23-25)16-3-2-15(20)10-17(16)21/h2-3,10,12-14,26H,4-9,11H2,1H3. The summed E-state index contributed by atoms with van der Waals surface area (Å²) in [6.45, 7) is 4.27. The third-order valence-electron chi connectivity index (χ3n) is 5.88. The van der Waals surface area contributed by atoms with Crippen LogP contribution in [0, 0.1) is 11.6 Å². The lowest BCUT2D eigenvalue weighted by Gasteiger charge is -2.45. The average Bonchev–Trinajstić information content (AvgIpc) is 3.34. The Morgan fingerprint density at radius 2 is 1.96 bits per heavy atom. The van der Waals surface area contributed by atoms with Crippen molar-refractivity contribution in [3.05, 3.63) is 48.1 Å². The second-order valence-corrected chi connectivity index (χ2v) is 7.46. The van der Waals surface area contributed by atoms with Gasteiger partial charge in [0.2, 0.25) is 0 Å². The molecule has 1 aromatic heterocycles. The van der Waals surface area contributed by atoms with Gasteiger partial charge in [0.1, 0.15) is 29.9 Å². The minimum atomic E-state index is -1.63. The second-order valence-electron chi connectivity index (χ2n) is 7.46. The van der Waals surface area contributed by atoms with Gasteiger partial charge in [-0.25, -0.2) is 18.4 Å². The zero-order chi connectivity index (χ0) is 19.8. The van der Waals surface area contributed by atoms with E-state index in [0.29, 0.717) is 39.1 Å². The second kappa shape index (κ2) is 7.47. The lowest BCUT2D eigenvalue weighted by molar-refractivity contribution is -0.194. The van der Waals surface area contributed by atoms with Crippen molar-refractivity contribution in [3.8, 4) is 0 Å². The molecule has 28 heavy (non-hydrogen) atoms. The molecule has 2 atom stereocenters. The van der Waals surface area contributed by atoms with Crippen LogP contribution in [0.4, 0.5) is 8.78 Å². The third kappa shape index (κ3) is 3.55. The van der Waals surface area contributed by atoms with Crippen molar-refractivity contribution in [2.75, 3.05) is 26.3 Å². The van der Waals surface area contributed by atoms with Gasteiger partial charge in [-0.1, -0.05) is 6.07 Å². The van der Waals surface area contributed by atoms with Crippen molar-refractivity contribution in [2.24, 2.45) is 0 Å². The van der Waals surface area contributed by atoms with Crippen LogP contribution in [0.5, 0.6) is 0 Å². The van der Waals surface area contributed by atoms with Gasteiger partial charge in [-0.2, -0.15) is 5.10 Å². The first kappa shape index (κ1) is 19.4. The van der Waals surface area contributed by atoms with Crippen LogP contribution < -0.4 is 0 Å². The van der Waals surface area contributed by atoms with E-state index in [2.05, 4.69) is 15.0 Å². The van der Waals surface area contributed by atoms with Crippen molar-refractivity contribution in [2.45, 2.75) is 43.7 Å². The molecule has 7 nitrogen and oxygen atoms in total. The SMILES string of the molecule is CC(N1CCC2(CC1)OCCO2)C(O)(Cn1cncn1)c1ccc(F)cc1F. The van der Waals surface area contributed by atoms with Crippen LogP contribution in [0.2, 0.25) is 0 Å². The zero-order valence-corrected chi connectivity index (χ0v) is 15.7. The molecule has 2 aromatic rings. The largest absolute Gasteiger partial charge is 0.381 e. The van der Waals surface area contributed by atoms with Crippen molar-refractivity contribution >= 4 is 0 Å². The van der Waals surface area contributed by atoms with E-state index in [4.69, 9.17) is 9.47 Å². The maximum absolute atomic E-state index is 14.6. The quantitative estimate of drug-likeness (QED) is 0.832. The Hall–Kier alpha value is -1.94. The Bertz CT molecular complexity index is 804. The highest BCUT2D eigenvalue weighted by Crippen LogP contribution is 2.37. The van der Waals surface area contributed by atoms with Crippen molar-refractivity contribution in [1.82, 2.24) is 19.7 Å². The molecule has 2 unspecified atom stereocenters. The fourth-order valence-electron chi connectivity index (χ4n) is 4.18. The number of aliphatic hydroxyl groups is 1. The molecule has 2 saturated heterocycles. The molecule has 0 aliphatic carbocycles. The molecular formula is C19H24F2N4O3. The van der Waals surface area contributed by atoms with E-state index in [9.17, 15) is 13.9 Å². The average molecular weight is 394 g/mol. The molecule has 152 valence electrons. The molecule has 2 aliphatic rings. The van der Waals surface area contributed by atoms with Crippen molar-refractivity contribution in [3.63, 3.8) is 0 Å². The fourth-order valence-corrected chi connectivity index (χ4v) is 4.18. The number of halogens is 2. The van der Waals surface area contributed by atoms with Gasteiger partial charge in [0.05, 0.1) is 19.8 Å². The Labute approximate surface area is 161 Å². The van der Waals surface area contributed by atoms with Gasteiger partial charge in [0.25, 0.3) is 0 Å². The predicted octanol–water partition coefficient (Wildman–Crippen LogP) is 1.67. The van der Waals surface area contributed by atoms with Crippen LogP contribution in [0.1, 0.15) is 25.3 Å². The van der Waals surface area contributed by atoms with Gasteiger partial charge in [0.15, 0.2) is 5.79 Å². The lowest BCUT2D eigenvalue weighted by atomic mass is 9.84. The minimum absolute atomic E-state index is 0.00857. The summed E-state index contributed by atoms with van der Waals surface area (Å²) < 4.78 is 41.1. The Morgan fingerprint density at radius 1 is 1.25 bits per heavy atom. The fraction of sp³-hybridized carbons (Fsp3) is 0.579. The van der Waals surface area contributed by atoms with Gasteiger partial charge in [-0.15, -0.1) is 0 Å². The summed E-state index contributed by atoms with van der Waals surface area (Å²) in [7, 11) is 0. The summed E-state index contributed by atoms with van der Waals surface area (Å²) >= 11 is 0. The van der Waals surface area contributed by atoms with Crippen LogP contribution in [0.3, 0.4) is 0 Å². The van der Waals surface area contributed by atoms with E-state index in [1.807, 2.05) is 6.92 Å². The smallest absolute Gasteiger partial charge is 0.170 e. The summed E-state index contributed by atoms with van der Waals surface area (Å²) in [6, 6.07) is 2.78. The first-order valence-electron chi connectivity index (χ1n) is 9.44. The Morgan fingerprint density at radius 3 is 2.57 bits per heavy atom. The van der Waals surface area contributed by atoms with Crippen LogP contribution in [0.25, 0.3) is 0 Å². The van der Waals surface area contributed by atoms with E-state index < -0.39 is 29.1 Å². The number of hydrogen-bond acceptors (Lipinski definition) is 6. The monoisotopic (exact) mass is 394 g/mol. The van der Waals surface area contributed by atoms with Gasteiger partial charge < -0.3 is 14.6 Å². The number of aromatic nitrogens is 3. The summed E-state index contributed by atoms with van der Waals surface area (Å²) in [6.07, 6.45) is 4.15. The van der Waals surface area contributed by atoms with Crippen molar-refractivity contribution in [1.29, 1.82) is 0 Å². The van der Waals surface area contributed by atoms with E-state index >= 15 is 0 Å². The summed E-state index contributed by atoms with van der Waals surface area (Å²) in [5, 5.41) is 15.7. The molecule has 2 aliphatic heterocycles. The van der Waals surface area contributed by atoms with Gasteiger partial charge >= 0.3 is 0 Å². The molecule has 9 heteroatoms. The maximum Gasteiger partial charge on any atom is 0.170 e. The predicted molar refractivity (Wildman–Crippen MR) is 95.2 cm³/mol. The van der Waals surface area contributed by atoms with Crippen LogP contribution in [-0.2, 0) is 21.6 Å². The maximum atomic E-state index is 14.6. The molecule has 1 spiro atoms. The van der Waals surface area contributed by atoms with Crippen LogP contribution >= 0.6 is 0 Å². The van der Waals surface area contributed by atoms with Crippen LogP contribution in [0.15, 0.2) is 30.9 Å². The minimum Gasteiger partial charge on any atom is -0.381 e. The number of ether oxygens (including phenoxy) is 2. The van der Waals surface area contributed by atoms with E-state index in [1.54, 1.807) is 0 Å². The van der Waals surface area contributed by atoms with Gasteiger partial charge in [-0.3, -0.25) is 4.90 Å². The Kier molecular flexibility index (Phi) is 5.17. The van der Waals surface area contributed by atoms with E-state index in [-0.39, 0.29) is 12.1 Å². The molecule has 3 heterocycles. The molecular weight excluding hydrogens is 370 g/mol. The highest BCUT2D eigenvalue weighted by molar-refractivity contribution is 5.27. The molecule has 0 amide bonds. The molecule has 2 fully saturated rings. The van der Waals surface area contributed by atoms with E-state index in [0.717, 1.165) is 12.1 Å². The highest BCUT2D eigenvalue weighted by atomic mass is 19.1. The first-order valence-corrected chi connectivity index (χ1v) is 9.44. The molecule has 0 bridgehead atoms. The van der Waals surface area contributed by atoms with Gasteiger partial charge in [-0.05, 0) is 13.0 Å². The molecule has 0 radical (unpaired) electrons. The number of likely N-dealkylation sites (tertiary alicyclic amines) is 1. The van der Waals surface area contributed by atoms with Crippen LogP contribution in [-0.4, -0.2) is 62.9 Å². The molecule has 4 rings (SSSR count). The Balaban J connectivity index is 1.61. The number of benzene rings is 1. The highest BCUT2D eigenvalue weighted by Gasteiger charge is 2.46. The molecule has 1 N–H and O–H groups in total. The summed E-state index contributed by atoms with van der Waals surface area (Å²) in [5.74, 6) is -2.01. The van der Waals surface area contributed by atoms with Gasteiger partial charge in [0, 0.05) is 43.6 Å². The van der Waals surface area contributed by atoms with E-state index in [1.165, 1.54) is 23.4 Å². The summed E-state index contributed by atoms with van der Waals surface area (Å²) in [4.78, 5) is 5.98. The summed E-state index contributed by atoms with van der Waals surface area (Å²) in [5.41, 5.74) is -1.60. The number of hydrogen-bond donors (Lipinski definition) is 1. The topological polar surface area (TPSA) is 72.6 Å².